The first-order chi connectivity index (χ1) is 3.68. The molecule has 1 unspecified atom stereocenters. The minimum atomic E-state index is -1.31. The van der Waals surface area contributed by atoms with Gasteiger partial charge in [0, 0.05) is 0 Å². The molecule has 8 heavy (non-hydrogen) atoms. The Labute approximate surface area is 49.1 Å². The van der Waals surface area contributed by atoms with E-state index in [9.17, 15) is 0 Å². The van der Waals surface area contributed by atoms with E-state index in [2.05, 4.69) is 6.58 Å². The highest BCUT2D eigenvalue weighted by Crippen LogP contribution is 2.07. The third-order valence-corrected chi connectivity index (χ3v) is 1.07. The average Bonchev–Trinajstić information content (AvgIpc) is 1.87. The van der Waals surface area contributed by atoms with Gasteiger partial charge in [0.25, 0.3) is 0 Å². The van der Waals surface area contributed by atoms with Crippen molar-refractivity contribution < 1.29 is 5.11 Å². The number of nitrogens with zero attached hydrogens (tertiary/aromatic N) is 1. The van der Waals surface area contributed by atoms with E-state index in [1.54, 1.807) is 13.0 Å². The molecule has 44 valence electrons. The van der Waals surface area contributed by atoms with Crippen LogP contribution in [0.5, 0.6) is 0 Å². The summed E-state index contributed by atoms with van der Waals surface area (Å²) in [5.74, 6) is 0. The van der Waals surface area contributed by atoms with E-state index in [1.807, 2.05) is 0 Å². The van der Waals surface area contributed by atoms with Crippen LogP contribution in [0.1, 0.15) is 13.3 Å². The van der Waals surface area contributed by atoms with Gasteiger partial charge in [0.05, 0.1) is 0 Å². The predicted molar refractivity (Wildman–Crippen MR) is 31.1 cm³/mol. The summed E-state index contributed by atoms with van der Waals surface area (Å²) in [5, 5.41) is 17.2. The van der Waals surface area contributed by atoms with Crippen LogP contribution in [-0.4, -0.2) is 10.7 Å². The summed E-state index contributed by atoms with van der Waals surface area (Å²) in [6.07, 6.45) is 1.64. The van der Waals surface area contributed by atoms with Gasteiger partial charge in [-0.1, -0.05) is 13.5 Å². The zero-order valence-corrected chi connectivity index (χ0v) is 4.89. The van der Waals surface area contributed by atoms with E-state index < -0.39 is 5.60 Å². The van der Waals surface area contributed by atoms with Crippen molar-refractivity contribution >= 4 is 0 Å². The fourth-order valence-corrected chi connectivity index (χ4v) is 0.269. The Morgan fingerprint density at radius 2 is 2.50 bits per heavy atom. The molecule has 0 saturated carbocycles. The molecular weight excluding hydrogens is 102 g/mol. The topological polar surface area (TPSA) is 44.0 Å². The summed E-state index contributed by atoms with van der Waals surface area (Å²) >= 11 is 0. The van der Waals surface area contributed by atoms with Crippen molar-refractivity contribution in [3.63, 3.8) is 0 Å². The maximum atomic E-state index is 8.96. The van der Waals surface area contributed by atoms with E-state index >= 15 is 0 Å². The quantitative estimate of drug-likeness (QED) is 0.424. The van der Waals surface area contributed by atoms with Gasteiger partial charge in [-0.05, 0) is 12.5 Å². The fraction of sp³-hybridized carbons (Fsp3) is 0.500. The summed E-state index contributed by atoms with van der Waals surface area (Å²) in [4.78, 5) is 0. The molecule has 1 atom stereocenters. The van der Waals surface area contributed by atoms with Crippen LogP contribution < -0.4 is 0 Å². The van der Waals surface area contributed by atoms with Crippen LogP contribution in [0.4, 0.5) is 0 Å². The van der Waals surface area contributed by atoms with Gasteiger partial charge >= 0.3 is 0 Å². The van der Waals surface area contributed by atoms with Gasteiger partial charge in [-0.2, -0.15) is 5.26 Å². The van der Waals surface area contributed by atoms with E-state index in [0.29, 0.717) is 6.42 Å². The highest BCUT2D eigenvalue weighted by Gasteiger charge is 2.17. The molecule has 0 aromatic rings. The van der Waals surface area contributed by atoms with Gasteiger partial charge < -0.3 is 5.11 Å². The first-order valence-corrected chi connectivity index (χ1v) is 2.45. The van der Waals surface area contributed by atoms with Crippen LogP contribution >= 0.6 is 0 Å². The minimum Gasteiger partial charge on any atom is -0.372 e. The van der Waals surface area contributed by atoms with Crippen molar-refractivity contribution in [2.45, 2.75) is 18.9 Å². The Morgan fingerprint density at radius 3 is 2.50 bits per heavy atom. The van der Waals surface area contributed by atoms with Gasteiger partial charge in [0.2, 0.25) is 0 Å². The number of nitriles is 1. The van der Waals surface area contributed by atoms with Crippen LogP contribution in [0.25, 0.3) is 0 Å². The molecule has 1 N–H and O–H groups in total. The SMILES string of the molecule is C=CC(O)(C#N)CC. The molecule has 0 aliphatic carbocycles. The van der Waals surface area contributed by atoms with Crippen molar-refractivity contribution in [3.8, 4) is 6.07 Å². The normalized spacial score (nSPS) is 16.1. The lowest BCUT2D eigenvalue weighted by Crippen LogP contribution is -2.20. The molecule has 0 amide bonds. The van der Waals surface area contributed by atoms with E-state index in [1.165, 1.54) is 6.08 Å². The Hall–Kier alpha value is -0.810. The predicted octanol–water partition coefficient (Wildman–Crippen LogP) is 0.837. The number of hydrogen-bond donors (Lipinski definition) is 1. The maximum Gasteiger partial charge on any atom is 0.169 e. The fourth-order valence-electron chi connectivity index (χ4n) is 0.269. The molecule has 2 heteroatoms. The lowest BCUT2D eigenvalue weighted by molar-refractivity contribution is 0.146. The summed E-state index contributed by atoms with van der Waals surface area (Å²) < 4.78 is 0. The van der Waals surface area contributed by atoms with E-state index in [4.69, 9.17) is 10.4 Å². The van der Waals surface area contributed by atoms with Crippen molar-refractivity contribution in [1.82, 2.24) is 0 Å². The number of rotatable bonds is 2. The van der Waals surface area contributed by atoms with Crippen molar-refractivity contribution in [2.24, 2.45) is 0 Å². The Morgan fingerprint density at radius 1 is 2.00 bits per heavy atom. The Balaban J connectivity index is 4.03. The van der Waals surface area contributed by atoms with Gasteiger partial charge in [0.1, 0.15) is 6.07 Å². The smallest absolute Gasteiger partial charge is 0.169 e. The molecule has 2 nitrogen and oxygen atoms in total. The van der Waals surface area contributed by atoms with Crippen molar-refractivity contribution in [1.29, 1.82) is 5.26 Å². The lowest BCUT2D eigenvalue weighted by Gasteiger charge is -2.09. The summed E-state index contributed by atoms with van der Waals surface area (Å²) in [7, 11) is 0. The highest BCUT2D eigenvalue weighted by molar-refractivity contribution is 5.10. The molecule has 0 aliphatic heterocycles. The number of hydrogen-bond acceptors (Lipinski definition) is 2. The Kier molecular flexibility index (Phi) is 2.23. The van der Waals surface area contributed by atoms with Crippen LogP contribution in [-0.2, 0) is 0 Å². The van der Waals surface area contributed by atoms with Gasteiger partial charge in [-0.3, -0.25) is 0 Å². The van der Waals surface area contributed by atoms with Crippen molar-refractivity contribution in [2.75, 3.05) is 0 Å². The van der Waals surface area contributed by atoms with E-state index in [-0.39, 0.29) is 0 Å². The molecule has 0 aliphatic rings. The second-order valence-corrected chi connectivity index (χ2v) is 1.59. The largest absolute Gasteiger partial charge is 0.372 e. The molecular formula is C6H9NO. The molecule has 0 heterocycles. The van der Waals surface area contributed by atoms with Gasteiger partial charge in [0.15, 0.2) is 5.60 Å². The molecule has 0 bridgehead atoms. The first-order valence-electron chi connectivity index (χ1n) is 2.45. The zero-order chi connectivity index (χ0) is 6.62. The molecule has 0 aromatic heterocycles. The zero-order valence-electron chi connectivity index (χ0n) is 4.89. The molecule has 0 rings (SSSR count). The average molecular weight is 111 g/mol. The molecule has 0 aromatic carbocycles. The summed E-state index contributed by atoms with van der Waals surface area (Å²) in [6, 6.07) is 1.72. The molecule has 0 spiro atoms. The van der Waals surface area contributed by atoms with Crippen LogP contribution in [0.15, 0.2) is 12.7 Å². The van der Waals surface area contributed by atoms with Crippen molar-refractivity contribution in [3.05, 3.63) is 12.7 Å². The maximum absolute atomic E-state index is 8.96. The van der Waals surface area contributed by atoms with Gasteiger partial charge in [-0.25, -0.2) is 0 Å². The minimum absolute atomic E-state index is 0.396. The second-order valence-electron chi connectivity index (χ2n) is 1.59. The first kappa shape index (κ1) is 7.19. The third-order valence-electron chi connectivity index (χ3n) is 1.07. The highest BCUT2D eigenvalue weighted by atomic mass is 16.3. The standard InChI is InChI=1S/C6H9NO/c1-3-6(8,4-2)5-7/h3,8H,1,4H2,2H3. The molecule has 0 saturated heterocycles. The third kappa shape index (κ3) is 1.36. The summed E-state index contributed by atoms with van der Waals surface area (Å²) in [5.41, 5.74) is -1.31. The second kappa shape index (κ2) is 2.49. The van der Waals surface area contributed by atoms with Crippen LogP contribution in [0, 0.1) is 11.3 Å². The molecule has 0 radical (unpaired) electrons. The van der Waals surface area contributed by atoms with Crippen LogP contribution in [0.2, 0.25) is 0 Å². The monoisotopic (exact) mass is 111 g/mol. The number of aliphatic hydroxyl groups is 1. The van der Waals surface area contributed by atoms with Gasteiger partial charge in [-0.15, -0.1) is 0 Å². The van der Waals surface area contributed by atoms with E-state index in [0.717, 1.165) is 0 Å². The Bertz CT molecular complexity index is 125. The lowest BCUT2D eigenvalue weighted by atomic mass is 10.0. The summed E-state index contributed by atoms with van der Waals surface area (Å²) in [6.45, 7) is 5.03. The molecule has 0 fully saturated rings. The van der Waals surface area contributed by atoms with Crippen LogP contribution in [0.3, 0.4) is 0 Å².